The Morgan fingerprint density at radius 3 is 2.47 bits per heavy atom. The van der Waals surface area contributed by atoms with Gasteiger partial charge in [-0.15, -0.1) is 0 Å². The first-order valence-corrected chi connectivity index (χ1v) is 5.42. The highest BCUT2D eigenvalue weighted by atomic mass is 35.5. The number of anilines is 1. The van der Waals surface area contributed by atoms with Crippen LogP contribution in [0.4, 0.5) is 18.9 Å². The molecule has 1 rings (SSSR count). The Labute approximate surface area is 103 Å². The van der Waals surface area contributed by atoms with E-state index in [1.807, 2.05) is 19.9 Å². The van der Waals surface area contributed by atoms with Crippen molar-refractivity contribution in [3.05, 3.63) is 40.4 Å². The molecule has 17 heavy (non-hydrogen) atoms. The number of allylic oxidation sites excluding steroid dienone is 1. The number of benzene rings is 1. The highest BCUT2D eigenvalue weighted by molar-refractivity contribution is 6.30. The normalized spacial score (nSPS) is 11.2. The van der Waals surface area contributed by atoms with Crippen molar-refractivity contribution in [2.45, 2.75) is 20.0 Å². The molecule has 0 bridgehead atoms. The Morgan fingerprint density at radius 1 is 1.29 bits per heavy atom. The summed E-state index contributed by atoms with van der Waals surface area (Å²) < 4.78 is 37.5. The van der Waals surface area contributed by atoms with Crippen LogP contribution < -0.4 is 5.32 Å². The fourth-order valence-electron chi connectivity index (χ4n) is 1.23. The van der Waals surface area contributed by atoms with E-state index in [0.29, 0.717) is 12.2 Å². The van der Waals surface area contributed by atoms with Crippen LogP contribution in [0, 0.1) is 0 Å². The summed E-state index contributed by atoms with van der Waals surface area (Å²) in [5.41, 5.74) is 0.711. The van der Waals surface area contributed by atoms with E-state index in [9.17, 15) is 13.2 Å². The minimum atomic E-state index is -4.38. The van der Waals surface area contributed by atoms with Crippen molar-refractivity contribution in [2.75, 3.05) is 11.9 Å². The van der Waals surface area contributed by atoms with Gasteiger partial charge in [0.25, 0.3) is 0 Å². The van der Waals surface area contributed by atoms with Gasteiger partial charge in [-0.05, 0) is 32.0 Å². The number of hydrogen-bond donors (Lipinski definition) is 1. The van der Waals surface area contributed by atoms with Crippen LogP contribution in [-0.2, 0) is 6.18 Å². The fraction of sp³-hybridized carbons (Fsp3) is 0.333. The van der Waals surface area contributed by atoms with Gasteiger partial charge >= 0.3 is 6.18 Å². The minimum absolute atomic E-state index is 0.0690. The molecule has 1 aromatic carbocycles. The summed E-state index contributed by atoms with van der Waals surface area (Å²) in [5.74, 6) is 0. The molecular formula is C12H13ClF3N. The van der Waals surface area contributed by atoms with Gasteiger partial charge in [0, 0.05) is 17.3 Å². The summed E-state index contributed by atoms with van der Waals surface area (Å²) in [6.45, 7) is 4.31. The SMILES string of the molecule is CC(C)=CCNc1cc(Cl)cc(C(F)(F)F)c1. The fourth-order valence-corrected chi connectivity index (χ4v) is 1.46. The summed E-state index contributed by atoms with van der Waals surface area (Å²) in [6, 6.07) is 3.42. The summed E-state index contributed by atoms with van der Waals surface area (Å²) in [5, 5.41) is 2.94. The van der Waals surface area contributed by atoms with Crippen molar-refractivity contribution in [1.29, 1.82) is 0 Å². The lowest BCUT2D eigenvalue weighted by atomic mass is 10.2. The first-order chi connectivity index (χ1) is 7.79. The van der Waals surface area contributed by atoms with E-state index in [1.54, 1.807) is 0 Å². The molecule has 0 aliphatic carbocycles. The third-order valence-electron chi connectivity index (χ3n) is 2.04. The van der Waals surface area contributed by atoms with Crippen LogP contribution >= 0.6 is 11.6 Å². The van der Waals surface area contributed by atoms with Gasteiger partial charge in [-0.3, -0.25) is 0 Å². The Hall–Kier alpha value is -1.16. The van der Waals surface area contributed by atoms with Gasteiger partial charge in [-0.1, -0.05) is 23.3 Å². The van der Waals surface area contributed by atoms with Crippen LogP contribution in [0.15, 0.2) is 29.8 Å². The molecule has 1 aromatic rings. The van der Waals surface area contributed by atoms with E-state index in [0.717, 1.165) is 17.7 Å². The Bertz CT molecular complexity index is 420. The summed E-state index contributed by atoms with van der Waals surface area (Å²) in [4.78, 5) is 0. The maximum absolute atomic E-state index is 12.5. The van der Waals surface area contributed by atoms with Crippen molar-refractivity contribution in [2.24, 2.45) is 0 Å². The second-order valence-electron chi connectivity index (χ2n) is 3.89. The molecule has 0 aliphatic heterocycles. The molecule has 0 fully saturated rings. The average Bonchev–Trinajstić information content (AvgIpc) is 2.14. The van der Waals surface area contributed by atoms with Gasteiger partial charge in [0.2, 0.25) is 0 Å². The van der Waals surface area contributed by atoms with Crippen molar-refractivity contribution >= 4 is 17.3 Å². The molecule has 5 heteroatoms. The topological polar surface area (TPSA) is 12.0 Å². The second kappa shape index (κ2) is 5.45. The van der Waals surface area contributed by atoms with E-state index >= 15 is 0 Å². The molecule has 0 saturated heterocycles. The lowest BCUT2D eigenvalue weighted by Gasteiger charge is -2.10. The van der Waals surface area contributed by atoms with E-state index < -0.39 is 11.7 Å². The predicted octanol–water partition coefficient (Wildman–Crippen LogP) is 4.74. The molecule has 0 aliphatic rings. The predicted molar refractivity (Wildman–Crippen MR) is 64.4 cm³/mol. The molecule has 0 amide bonds. The van der Waals surface area contributed by atoms with Crippen molar-refractivity contribution < 1.29 is 13.2 Å². The lowest BCUT2D eigenvalue weighted by Crippen LogP contribution is -2.06. The van der Waals surface area contributed by atoms with Crippen LogP contribution in [0.25, 0.3) is 0 Å². The quantitative estimate of drug-likeness (QED) is 0.777. The van der Waals surface area contributed by atoms with Gasteiger partial charge < -0.3 is 5.32 Å². The van der Waals surface area contributed by atoms with Gasteiger partial charge in [0.1, 0.15) is 0 Å². The molecule has 1 N–H and O–H groups in total. The molecule has 1 nitrogen and oxygen atoms in total. The zero-order chi connectivity index (χ0) is 13.1. The van der Waals surface area contributed by atoms with Crippen LogP contribution in [0.2, 0.25) is 5.02 Å². The van der Waals surface area contributed by atoms with Gasteiger partial charge in [-0.25, -0.2) is 0 Å². The molecule has 0 atom stereocenters. The van der Waals surface area contributed by atoms with Gasteiger partial charge in [0.05, 0.1) is 5.56 Å². The zero-order valence-corrected chi connectivity index (χ0v) is 10.3. The van der Waals surface area contributed by atoms with Crippen molar-refractivity contribution in [1.82, 2.24) is 0 Å². The third kappa shape index (κ3) is 4.69. The van der Waals surface area contributed by atoms with Crippen LogP contribution in [0.1, 0.15) is 19.4 Å². The third-order valence-corrected chi connectivity index (χ3v) is 2.26. The molecule has 94 valence electrons. The zero-order valence-electron chi connectivity index (χ0n) is 9.53. The van der Waals surface area contributed by atoms with Crippen LogP contribution in [0.3, 0.4) is 0 Å². The van der Waals surface area contributed by atoms with E-state index in [4.69, 9.17) is 11.6 Å². The molecule has 0 heterocycles. The summed E-state index contributed by atoms with van der Waals surface area (Å²) in [6.07, 6.45) is -2.49. The van der Waals surface area contributed by atoms with E-state index in [2.05, 4.69) is 5.32 Å². The number of hydrogen-bond acceptors (Lipinski definition) is 1. The Balaban J connectivity index is 2.87. The Morgan fingerprint density at radius 2 is 1.94 bits per heavy atom. The first kappa shape index (κ1) is 13.9. The van der Waals surface area contributed by atoms with Crippen LogP contribution in [-0.4, -0.2) is 6.54 Å². The average molecular weight is 264 g/mol. The molecule has 0 radical (unpaired) electrons. The van der Waals surface area contributed by atoms with Crippen molar-refractivity contribution in [3.63, 3.8) is 0 Å². The highest BCUT2D eigenvalue weighted by Gasteiger charge is 2.31. The minimum Gasteiger partial charge on any atom is -0.382 e. The summed E-state index contributed by atoms with van der Waals surface area (Å²) >= 11 is 5.64. The molecule has 0 aromatic heterocycles. The monoisotopic (exact) mass is 263 g/mol. The van der Waals surface area contributed by atoms with Crippen molar-refractivity contribution in [3.8, 4) is 0 Å². The van der Waals surface area contributed by atoms with Gasteiger partial charge in [-0.2, -0.15) is 13.2 Å². The second-order valence-corrected chi connectivity index (χ2v) is 4.33. The number of alkyl halides is 3. The molecule has 0 unspecified atom stereocenters. The number of rotatable bonds is 3. The highest BCUT2D eigenvalue weighted by Crippen LogP contribution is 2.33. The Kier molecular flexibility index (Phi) is 4.46. The van der Waals surface area contributed by atoms with E-state index in [1.165, 1.54) is 6.07 Å². The largest absolute Gasteiger partial charge is 0.416 e. The standard InChI is InChI=1S/C12H13ClF3N/c1-8(2)3-4-17-11-6-9(12(14,15)16)5-10(13)7-11/h3,5-7,17H,4H2,1-2H3. The first-order valence-electron chi connectivity index (χ1n) is 5.04. The molecule has 0 saturated carbocycles. The number of halogens is 4. The maximum atomic E-state index is 12.5. The summed E-state index contributed by atoms with van der Waals surface area (Å²) in [7, 11) is 0. The molecular weight excluding hydrogens is 251 g/mol. The smallest absolute Gasteiger partial charge is 0.382 e. The van der Waals surface area contributed by atoms with E-state index in [-0.39, 0.29) is 5.02 Å². The maximum Gasteiger partial charge on any atom is 0.416 e. The van der Waals surface area contributed by atoms with Crippen LogP contribution in [0.5, 0.6) is 0 Å². The number of nitrogens with one attached hydrogen (secondary N) is 1. The molecule has 0 spiro atoms. The van der Waals surface area contributed by atoms with Gasteiger partial charge in [0.15, 0.2) is 0 Å². The lowest BCUT2D eigenvalue weighted by molar-refractivity contribution is -0.137.